The maximum Gasteiger partial charge on any atom is 3.00 e. The van der Waals surface area contributed by atoms with Crippen LogP contribution in [0.4, 0.5) is 0 Å². The van der Waals surface area contributed by atoms with Crippen LogP contribution >= 0.6 is 0 Å². The van der Waals surface area contributed by atoms with Gasteiger partial charge >= 0.3 is 45.1 Å². The normalized spacial score (nSPS) is 6.52. The second-order valence-corrected chi connectivity index (χ2v) is 2.69. The maximum absolute atomic E-state index is 8.74. The van der Waals surface area contributed by atoms with Crippen molar-refractivity contribution in [3.63, 3.8) is 0 Å². The molecule has 0 bridgehead atoms. The third-order valence-electron chi connectivity index (χ3n) is 0. The summed E-state index contributed by atoms with van der Waals surface area (Å²) in [5.41, 5.74) is 0. The molecule has 0 spiro atoms. The molecule has 0 saturated carbocycles. The molecule has 0 aliphatic carbocycles. The molecule has 0 aromatic heterocycles. The summed E-state index contributed by atoms with van der Waals surface area (Å²) in [4.78, 5) is 49.5. The van der Waals surface area contributed by atoms with Crippen LogP contribution in [0.5, 0.6) is 0 Å². The average molecular weight is 524 g/mol. The fraction of sp³-hybridized carbons (Fsp3) is 0. The molecule has 0 radical (unpaired) electrons. The molecule has 31 heteroatoms. The van der Waals surface area contributed by atoms with Crippen molar-refractivity contribution in [3.05, 3.63) is 91.9 Å². The van der Waals surface area contributed by atoms with Gasteiger partial charge in [-0.3, -0.25) is 9.11 Å². The van der Waals surface area contributed by atoms with Gasteiger partial charge in [0.25, 0.3) is 0 Å². The number of rotatable bonds is 0. The monoisotopic (exact) mass is 524 g/mol. The van der Waals surface area contributed by atoms with Crippen LogP contribution in [0.15, 0.2) is 0 Å². The van der Waals surface area contributed by atoms with Gasteiger partial charge in [0.2, 0.25) is 0 Å². The van der Waals surface area contributed by atoms with E-state index in [0.29, 0.717) is 0 Å². The molecule has 0 atom stereocenters. The first-order valence-electron chi connectivity index (χ1n) is 3.98. The molecule has 0 unspecified atom stereocenters. The first kappa shape index (κ1) is 56.4. The van der Waals surface area contributed by atoms with Crippen molar-refractivity contribution in [3.8, 4) is 0 Å². The smallest absolute Gasteiger partial charge is 0.356 e. The van der Waals surface area contributed by atoms with Gasteiger partial charge in [-0.2, -0.15) is 8.42 Å². The van der Waals surface area contributed by atoms with Gasteiger partial charge in [-0.25, -0.2) is 0 Å². The second kappa shape index (κ2) is 40.7. The van der Waals surface area contributed by atoms with E-state index in [1.54, 1.807) is 0 Å². The zero-order valence-corrected chi connectivity index (χ0v) is 16.4. The van der Waals surface area contributed by atoms with Gasteiger partial charge in [0, 0.05) is 0 Å². The van der Waals surface area contributed by atoms with E-state index in [9.17, 15) is 0 Å². The SMILES string of the molecule is O=S(=O)(O)O.O=[N+]([O-])[O-].O=[N+]([O-])[O-].O=[N+]([O-])[O-].O=[N+]([O-])[O-].O=[N+]([O-])[O-].O=[N+]([O-])[O-].[Al+3].[Al+3]. The van der Waals surface area contributed by atoms with Gasteiger partial charge in [0.1, 0.15) is 0 Å². The predicted molar refractivity (Wildman–Crippen MR) is 87.9 cm³/mol. The van der Waals surface area contributed by atoms with Crippen molar-refractivity contribution in [1.82, 2.24) is 0 Å². The van der Waals surface area contributed by atoms with Crippen molar-refractivity contribution < 1.29 is 48.0 Å². The molecule has 0 aromatic carbocycles. The Kier molecular flexibility index (Phi) is 74.0. The first-order chi connectivity index (χ1) is 12.4. The molecule has 2 N–H and O–H groups in total. The van der Waals surface area contributed by atoms with Gasteiger partial charge in [-0.15, -0.1) is 0 Å². The fourth-order valence-corrected chi connectivity index (χ4v) is 0. The van der Waals surface area contributed by atoms with Gasteiger partial charge < -0.3 is 91.9 Å². The first-order valence-corrected chi connectivity index (χ1v) is 5.38. The van der Waals surface area contributed by atoms with E-state index in [-0.39, 0.29) is 34.7 Å². The predicted octanol–water partition coefficient (Wildman–Crippen LogP) is -2.85. The summed E-state index contributed by atoms with van der Waals surface area (Å²) in [7, 11) is -4.67. The van der Waals surface area contributed by atoms with Gasteiger partial charge in [-0.1, -0.05) is 0 Å². The molecular formula is H2Al2N6O22S. The van der Waals surface area contributed by atoms with Gasteiger partial charge in [-0.05, 0) is 0 Å². The molecule has 0 fully saturated rings. The number of hydrogen-bond acceptors (Lipinski definition) is 20. The zero-order valence-electron chi connectivity index (χ0n) is 13.3. The topological polar surface area (TPSA) is 472 Å². The summed E-state index contributed by atoms with van der Waals surface area (Å²) < 4.78 is 31.6. The van der Waals surface area contributed by atoms with Crippen LogP contribution in [0.3, 0.4) is 0 Å². The molecule has 0 heterocycles. The Labute approximate surface area is 185 Å². The Morgan fingerprint density at radius 2 is 0.387 bits per heavy atom. The van der Waals surface area contributed by atoms with E-state index in [1.165, 1.54) is 0 Å². The third kappa shape index (κ3) is 1020. The van der Waals surface area contributed by atoms with Gasteiger partial charge in [0.15, 0.2) is 0 Å². The molecule has 31 heavy (non-hydrogen) atoms. The van der Waals surface area contributed by atoms with Crippen LogP contribution in [0, 0.1) is 91.9 Å². The standard InChI is InChI=1S/2Al.6NO3.H2O4S/c;;6*2-1(3)4;1-5(2,3)4/h;;;;;;;;(H2,1,2,3,4)/q2*+3;6*-1;. The summed E-state index contributed by atoms with van der Waals surface area (Å²) in [5, 5.41) is 88.5. The fourth-order valence-electron chi connectivity index (χ4n) is 0. The minimum Gasteiger partial charge on any atom is -0.356 e. The Morgan fingerprint density at radius 3 is 0.387 bits per heavy atom. The van der Waals surface area contributed by atoms with Crippen LogP contribution in [0.25, 0.3) is 0 Å². The summed E-state index contributed by atoms with van der Waals surface area (Å²) >= 11 is 0. The van der Waals surface area contributed by atoms with Crippen molar-refractivity contribution in [2.75, 3.05) is 0 Å². The van der Waals surface area contributed by atoms with Crippen LogP contribution in [0.2, 0.25) is 0 Å². The van der Waals surface area contributed by atoms with E-state index in [0.717, 1.165) is 0 Å². The van der Waals surface area contributed by atoms with Crippen LogP contribution in [-0.2, 0) is 10.4 Å². The van der Waals surface area contributed by atoms with Crippen molar-refractivity contribution >= 4 is 45.1 Å². The summed E-state index contributed by atoms with van der Waals surface area (Å²) in [6, 6.07) is 0. The molecule has 0 aliphatic heterocycles. The molecule has 0 aliphatic rings. The van der Waals surface area contributed by atoms with Crippen molar-refractivity contribution in [2.45, 2.75) is 0 Å². The Hall–Kier alpha value is -3.87. The van der Waals surface area contributed by atoms with Crippen LogP contribution < -0.4 is 0 Å². The Morgan fingerprint density at radius 1 is 0.387 bits per heavy atom. The Balaban J connectivity index is -0.0000000258. The largest absolute Gasteiger partial charge is 3.00 e. The van der Waals surface area contributed by atoms with Crippen LogP contribution in [-0.4, -0.2) is 82.8 Å². The zero-order chi connectivity index (χ0) is 26.0. The van der Waals surface area contributed by atoms with E-state index >= 15 is 0 Å². The van der Waals surface area contributed by atoms with Crippen LogP contribution in [0.1, 0.15) is 0 Å². The molecular weight excluding hydrogens is 522 g/mol. The quantitative estimate of drug-likeness (QED) is 0.139. The van der Waals surface area contributed by atoms with Gasteiger partial charge in [0.05, 0.1) is 30.5 Å². The molecule has 176 valence electrons. The Bertz CT molecular complexity index is 441. The number of nitrogens with zero attached hydrogens (tertiary/aromatic N) is 6. The van der Waals surface area contributed by atoms with Crippen molar-refractivity contribution in [1.29, 1.82) is 0 Å². The molecule has 28 nitrogen and oxygen atoms in total. The van der Waals surface area contributed by atoms with E-state index in [1.807, 2.05) is 0 Å². The van der Waals surface area contributed by atoms with E-state index in [4.69, 9.17) is 109 Å². The molecule has 0 rings (SSSR count). The van der Waals surface area contributed by atoms with E-state index in [2.05, 4.69) is 0 Å². The summed E-state index contributed by atoms with van der Waals surface area (Å²) in [5.74, 6) is 0. The average Bonchev–Trinajstić information content (AvgIpc) is 2.18. The molecule has 0 saturated heterocycles. The molecule has 0 amide bonds. The summed E-state index contributed by atoms with van der Waals surface area (Å²) in [6.07, 6.45) is 0. The second-order valence-electron chi connectivity index (χ2n) is 1.79. The minimum absolute atomic E-state index is 0. The summed E-state index contributed by atoms with van der Waals surface area (Å²) in [6.45, 7) is 0. The molecule has 0 aromatic rings. The third-order valence-corrected chi connectivity index (χ3v) is 0. The van der Waals surface area contributed by atoms with Crippen molar-refractivity contribution in [2.24, 2.45) is 0 Å². The van der Waals surface area contributed by atoms with E-state index < -0.39 is 40.9 Å². The minimum atomic E-state index is -4.67. The maximum atomic E-state index is 8.74. The number of hydrogen-bond donors (Lipinski definition) is 2.